The Morgan fingerprint density at radius 1 is 1.00 bits per heavy atom. The number of benzene rings is 2. The van der Waals surface area contributed by atoms with E-state index in [2.05, 4.69) is 15.4 Å². The molecule has 0 aliphatic rings. The molecule has 226 valence electrons. The van der Waals surface area contributed by atoms with Crippen molar-refractivity contribution in [1.82, 2.24) is 5.32 Å². The normalized spacial score (nSPS) is 12.7. The molecule has 0 aliphatic heterocycles. The first kappa shape index (κ1) is 33.2. The number of amides is 2. The number of nitrogens with two attached hydrogens (primary N) is 3. The van der Waals surface area contributed by atoms with Crippen molar-refractivity contribution >= 4 is 38.9 Å². The van der Waals surface area contributed by atoms with Crippen LogP contribution in [0.1, 0.15) is 63.0 Å². The Kier molecular flexibility index (Phi) is 9.95. The van der Waals surface area contributed by atoms with Gasteiger partial charge in [0, 0.05) is 12.1 Å². The maximum Gasteiger partial charge on any atom is 0.270 e. The summed E-state index contributed by atoms with van der Waals surface area (Å²) in [6, 6.07) is 8.17. The van der Waals surface area contributed by atoms with Crippen molar-refractivity contribution in [3.63, 3.8) is 0 Å². The van der Waals surface area contributed by atoms with Crippen molar-refractivity contribution in [2.24, 2.45) is 22.7 Å². The summed E-state index contributed by atoms with van der Waals surface area (Å²) in [4.78, 5) is 25.9. The highest BCUT2D eigenvalue weighted by Crippen LogP contribution is 2.39. The average molecular weight is 590 g/mol. The van der Waals surface area contributed by atoms with Gasteiger partial charge in [-0.2, -0.15) is 0 Å². The standard InChI is InChI=1S/C28H43N7O5S/c1-16-10-11-17(12-21(16)35(31)24(30)22(29)26(37)32-15-27(2,3)4)25(36)33-19-13-18(28(5,6)7)14-20(23(19)40-8)34-41(9,38)39/h10-14,34H,15,29-31H2,1-9H3,(H,32,37)(H,33,36). The smallest absolute Gasteiger partial charge is 0.270 e. The second-order valence-corrected chi connectivity index (χ2v) is 13.8. The molecule has 2 aromatic carbocycles. The quantitative estimate of drug-likeness (QED) is 0.145. The van der Waals surface area contributed by atoms with Crippen LogP contribution in [0.25, 0.3) is 0 Å². The molecule has 0 fully saturated rings. The summed E-state index contributed by atoms with van der Waals surface area (Å²) in [5.41, 5.74) is 13.8. The van der Waals surface area contributed by atoms with Gasteiger partial charge in [0.05, 0.1) is 30.4 Å². The molecule has 0 spiro atoms. The van der Waals surface area contributed by atoms with E-state index >= 15 is 0 Å². The molecule has 2 rings (SSSR count). The largest absolute Gasteiger partial charge is 0.492 e. The lowest BCUT2D eigenvalue weighted by Gasteiger charge is -2.25. The SMILES string of the molecule is COc1c(NC(=O)c2ccc(C)c(N(N)C(N)=C(N)C(=O)NCC(C)(C)C)c2)cc(C(C)(C)C)cc1NS(C)(=O)=O. The van der Waals surface area contributed by atoms with E-state index in [1.54, 1.807) is 31.2 Å². The van der Waals surface area contributed by atoms with Crippen LogP contribution in [0.2, 0.25) is 0 Å². The van der Waals surface area contributed by atoms with Gasteiger partial charge in [-0.3, -0.25) is 19.3 Å². The lowest BCUT2D eigenvalue weighted by atomic mass is 9.86. The molecule has 2 aromatic rings. The van der Waals surface area contributed by atoms with Crippen molar-refractivity contribution in [2.45, 2.75) is 53.9 Å². The van der Waals surface area contributed by atoms with Gasteiger partial charge in [-0.1, -0.05) is 47.6 Å². The number of methoxy groups -OCH3 is 1. The third-order valence-electron chi connectivity index (χ3n) is 5.99. The molecular weight excluding hydrogens is 546 g/mol. The number of hydrazine groups is 1. The average Bonchev–Trinajstić information content (AvgIpc) is 2.84. The number of carbonyl (C=O) groups is 2. The van der Waals surface area contributed by atoms with Crippen LogP contribution in [0.4, 0.5) is 17.1 Å². The van der Waals surface area contributed by atoms with E-state index in [4.69, 9.17) is 22.0 Å². The Hall–Kier alpha value is -3.97. The zero-order chi connectivity index (χ0) is 31.5. The summed E-state index contributed by atoms with van der Waals surface area (Å²) in [5.74, 6) is 5.12. The van der Waals surface area contributed by atoms with E-state index in [-0.39, 0.29) is 45.0 Å². The van der Waals surface area contributed by atoms with Crippen LogP contribution in [0.3, 0.4) is 0 Å². The highest BCUT2D eigenvalue weighted by atomic mass is 32.2. The number of aryl methyl sites for hydroxylation is 1. The molecule has 0 saturated carbocycles. The molecule has 0 unspecified atom stereocenters. The van der Waals surface area contributed by atoms with Gasteiger partial charge in [0.2, 0.25) is 10.0 Å². The van der Waals surface area contributed by atoms with Gasteiger partial charge in [0.1, 0.15) is 11.5 Å². The first-order valence-electron chi connectivity index (χ1n) is 12.8. The molecule has 0 saturated heterocycles. The number of hydrogen-bond donors (Lipinski definition) is 6. The topological polar surface area (TPSA) is 195 Å². The molecule has 0 aliphatic carbocycles. The van der Waals surface area contributed by atoms with Crippen molar-refractivity contribution in [3.8, 4) is 5.75 Å². The number of nitrogens with zero attached hydrogens (tertiary/aromatic N) is 1. The first-order chi connectivity index (χ1) is 18.6. The predicted molar refractivity (Wildman–Crippen MR) is 164 cm³/mol. The summed E-state index contributed by atoms with van der Waals surface area (Å²) in [7, 11) is -2.26. The van der Waals surface area contributed by atoms with Gasteiger partial charge >= 0.3 is 0 Å². The number of rotatable bonds is 9. The third-order valence-corrected chi connectivity index (χ3v) is 6.58. The van der Waals surface area contributed by atoms with E-state index < -0.39 is 21.8 Å². The zero-order valence-electron chi connectivity index (χ0n) is 25.2. The zero-order valence-corrected chi connectivity index (χ0v) is 26.0. The summed E-state index contributed by atoms with van der Waals surface area (Å²) in [5, 5.41) is 6.58. The fourth-order valence-corrected chi connectivity index (χ4v) is 4.22. The minimum absolute atomic E-state index is 0.144. The number of carbonyl (C=O) groups excluding carboxylic acids is 2. The molecule has 2 amide bonds. The van der Waals surface area contributed by atoms with Crippen LogP contribution < -0.4 is 42.4 Å². The Labute approximate surface area is 242 Å². The molecule has 12 nitrogen and oxygen atoms in total. The van der Waals surface area contributed by atoms with Gasteiger partial charge in [0.15, 0.2) is 5.75 Å². The molecule has 0 heterocycles. The summed E-state index contributed by atoms with van der Waals surface area (Å²) < 4.78 is 32.0. The fraction of sp³-hybridized carbons (Fsp3) is 0.429. The fourth-order valence-electron chi connectivity index (χ4n) is 3.67. The van der Waals surface area contributed by atoms with Gasteiger partial charge in [-0.25, -0.2) is 14.3 Å². The van der Waals surface area contributed by atoms with E-state index in [0.717, 1.165) is 16.8 Å². The van der Waals surface area contributed by atoms with E-state index in [9.17, 15) is 18.0 Å². The Morgan fingerprint density at radius 3 is 2.10 bits per heavy atom. The summed E-state index contributed by atoms with van der Waals surface area (Å²) in [6.07, 6.45) is 1.03. The van der Waals surface area contributed by atoms with Crippen LogP contribution in [0.15, 0.2) is 41.8 Å². The van der Waals surface area contributed by atoms with Gasteiger partial charge < -0.3 is 26.8 Å². The highest BCUT2D eigenvalue weighted by molar-refractivity contribution is 7.92. The molecular formula is C28H43N7O5S. The maximum atomic E-state index is 13.4. The highest BCUT2D eigenvalue weighted by Gasteiger charge is 2.24. The van der Waals surface area contributed by atoms with E-state index in [1.165, 1.54) is 13.2 Å². The van der Waals surface area contributed by atoms with E-state index in [0.29, 0.717) is 17.8 Å². The number of ether oxygens (including phenoxy) is 1. The molecule has 13 heteroatoms. The summed E-state index contributed by atoms with van der Waals surface area (Å²) in [6.45, 7) is 13.9. The number of hydrogen-bond acceptors (Lipinski definition) is 9. The molecule has 0 atom stereocenters. The molecule has 0 radical (unpaired) electrons. The Balaban J connectivity index is 2.48. The number of nitrogens with one attached hydrogen (secondary N) is 3. The van der Waals surface area contributed by atoms with E-state index in [1.807, 2.05) is 41.5 Å². The monoisotopic (exact) mass is 589 g/mol. The van der Waals surface area contributed by atoms with Crippen LogP contribution in [-0.4, -0.2) is 40.1 Å². The second kappa shape index (κ2) is 12.3. The van der Waals surface area contributed by atoms with Gasteiger partial charge in [-0.05, 0) is 53.1 Å². The molecule has 41 heavy (non-hydrogen) atoms. The molecule has 0 aromatic heterocycles. The lowest BCUT2D eigenvalue weighted by Crippen LogP contribution is -2.42. The van der Waals surface area contributed by atoms with Gasteiger partial charge in [0.25, 0.3) is 11.8 Å². The minimum Gasteiger partial charge on any atom is -0.492 e. The summed E-state index contributed by atoms with van der Waals surface area (Å²) >= 11 is 0. The van der Waals surface area contributed by atoms with Crippen LogP contribution in [0, 0.1) is 12.3 Å². The van der Waals surface area contributed by atoms with Crippen LogP contribution in [0.5, 0.6) is 5.75 Å². The van der Waals surface area contributed by atoms with Gasteiger partial charge in [-0.15, -0.1) is 0 Å². The molecule has 0 bridgehead atoms. The second-order valence-electron chi connectivity index (χ2n) is 12.1. The van der Waals surface area contributed by atoms with Crippen molar-refractivity contribution < 1.29 is 22.7 Å². The third kappa shape index (κ3) is 9.02. The first-order valence-corrected chi connectivity index (χ1v) is 14.7. The number of anilines is 3. The van der Waals surface area contributed by atoms with Crippen molar-refractivity contribution in [3.05, 3.63) is 58.5 Å². The number of sulfonamides is 1. The molecule has 9 N–H and O–H groups in total. The van der Waals surface area contributed by atoms with Crippen LogP contribution in [-0.2, 0) is 20.2 Å². The Morgan fingerprint density at radius 2 is 1.59 bits per heavy atom. The predicted octanol–water partition coefficient (Wildman–Crippen LogP) is 2.85. The minimum atomic E-state index is -3.64. The Bertz CT molecular complexity index is 1460. The van der Waals surface area contributed by atoms with Crippen LogP contribution >= 0.6 is 0 Å². The van der Waals surface area contributed by atoms with Crippen molar-refractivity contribution in [2.75, 3.05) is 35.0 Å². The lowest BCUT2D eigenvalue weighted by molar-refractivity contribution is -0.118. The maximum absolute atomic E-state index is 13.4. The van der Waals surface area contributed by atoms with Crippen molar-refractivity contribution in [1.29, 1.82) is 0 Å².